The van der Waals surface area contributed by atoms with Crippen molar-refractivity contribution < 1.29 is 29.1 Å². The molecular formula is C23H20BNO6. The van der Waals surface area contributed by atoms with Crippen LogP contribution in [0.1, 0.15) is 27.4 Å². The molecule has 156 valence electrons. The average molecular weight is 417 g/mol. The molecule has 1 aliphatic rings. The fourth-order valence-corrected chi connectivity index (χ4v) is 3.86. The van der Waals surface area contributed by atoms with Gasteiger partial charge < -0.3 is 19.5 Å². The Morgan fingerprint density at radius 2 is 1.58 bits per heavy atom. The van der Waals surface area contributed by atoms with Gasteiger partial charge in [-0.25, -0.2) is 9.59 Å². The number of amides is 1. The van der Waals surface area contributed by atoms with Crippen LogP contribution in [0.2, 0.25) is 0 Å². The molecule has 3 aromatic carbocycles. The molecule has 31 heavy (non-hydrogen) atoms. The van der Waals surface area contributed by atoms with E-state index in [0.717, 1.165) is 22.3 Å². The lowest BCUT2D eigenvalue weighted by molar-refractivity contribution is 0.0600. The van der Waals surface area contributed by atoms with Crippen LogP contribution in [-0.4, -0.2) is 42.9 Å². The smallest absolute Gasteiger partial charge is 0.465 e. The molecule has 3 N–H and O–H groups in total. The topological polar surface area (TPSA) is 105 Å². The van der Waals surface area contributed by atoms with Gasteiger partial charge in [-0.05, 0) is 45.9 Å². The normalized spacial score (nSPS) is 12.0. The van der Waals surface area contributed by atoms with E-state index >= 15 is 0 Å². The van der Waals surface area contributed by atoms with Crippen LogP contribution in [0.4, 0.5) is 10.5 Å². The van der Waals surface area contributed by atoms with Crippen LogP contribution in [0.15, 0.2) is 66.7 Å². The third-order valence-electron chi connectivity index (χ3n) is 5.26. The molecule has 4 rings (SSSR count). The van der Waals surface area contributed by atoms with E-state index in [0.29, 0.717) is 0 Å². The quantitative estimate of drug-likeness (QED) is 0.435. The molecule has 0 saturated carbocycles. The van der Waals surface area contributed by atoms with Gasteiger partial charge in [0.25, 0.3) is 0 Å². The highest BCUT2D eigenvalue weighted by atomic mass is 16.5. The van der Waals surface area contributed by atoms with Crippen molar-refractivity contribution in [3.63, 3.8) is 0 Å². The van der Waals surface area contributed by atoms with Crippen LogP contribution in [0.25, 0.3) is 11.1 Å². The summed E-state index contributed by atoms with van der Waals surface area (Å²) in [5.41, 5.74) is 4.73. The van der Waals surface area contributed by atoms with Crippen molar-refractivity contribution in [3.8, 4) is 11.1 Å². The molecule has 0 saturated heterocycles. The zero-order chi connectivity index (χ0) is 22.0. The molecule has 0 aliphatic heterocycles. The summed E-state index contributed by atoms with van der Waals surface area (Å²) in [5.74, 6) is -0.757. The summed E-state index contributed by atoms with van der Waals surface area (Å²) in [4.78, 5) is 24.3. The Morgan fingerprint density at radius 3 is 2.16 bits per heavy atom. The first-order chi connectivity index (χ1) is 15.0. The summed E-state index contributed by atoms with van der Waals surface area (Å²) >= 11 is 0. The molecule has 0 radical (unpaired) electrons. The number of benzene rings is 3. The summed E-state index contributed by atoms with van der Waals surface area (Å²) < 4.78 is 10.1. The fraction of sp³-hybridized carbons (Fsp3) is 0.130. The summed E-state index contributed by atoms with van der Waals surface area (Å²) in [7, 11) is -0.601. The van der Waals surface area contributed by atoms with Gasteiger partial charge in [-0.15, -0.1) is 0 Å². The first-order valence-electron chi connectivity index (χ1n) is 9.69. The Morgan fingerprint density at radius 1 is 0.968 bits per heavy atom. The Labute approximate surface area is 179 Å². The van der Waals surface area contributed by atoms with E-state index in [9.17, 15) is 19.6 Å². The minimum absolute atomic E-state index is 0.0387. The number of fused-ring (bicyclic) bond motifs is 3. The standard InChI is InChI=1S/C23H20BNO6/c1-30-22(26)14-10-15(24(28)29)12-16(11-14)25-23(27)31-13-21-19-8-4-2-6-17(19)18-7-3-5-9-20(18)21/h2-12,21,28-29H,13H2,1H3,(H,25,27). The predicted molar refractivity (Wildman–Crippen MR) is 116 cm³/mol. The van der Waals surface area contributed by atoms with Crippen LogP contribution in [-0.2, 0) is 9.47 Å². The molecular weight excluding hydrogens is 397 g/mol. The SMILES string of the molecule is COC(=O)c1cc(NC(=O)OCC2c3ccccc3-c3ccccc32)cc(B(O)O)c1. The molecule has 0 fully saturated rings. The van der Waals surface area contributed by atoms with Gasteiger partial charge in [-0.3, -0.25) is 5.32 Å². The van der Waals surface area contributed by atoms with E-state index in [1.807, 2.05) is 48.5 Å². The zero-order valence-corrected chi connectivity index (χ0v) is 16.7. The zero-order valence-electron chi connectivity index (χ0n) is 16.7. The number of hydrogen-bond acceptors (Lipinski definition) is 6. The largest absolute Gasteiger partial charge is 0.488 e. The van der Waals surface area contributed by atoms with Crippen molar-refractivity contribution in [2.75, 3.05) is 19.0 Å². The maximum absolute atomic E-state index is 12.5. The number of ether oxygens (including phenoxy) is 2. The molecule has 0 atom stereocenters. The third-order valence-corrected chi connectivity index (χ3v) is 5.26. The van der Waals surface area contributed by atoms with E-state index in [1.54, 1.807) is 0 Å². The molecule has 0 heterocycles. The molecule has 8 heteroatoms. The summed E-state index contributed by atoms with van der Waals surface area (Å²) in [6.07, 6.45) is -0.720. The van der Waals surface area contributed by atoms with Crippen LogP contribution in [0, 0.1) is 0 Å². The van der Waals surface area contributed by atoms with E-state index in [-0.39, 0.29) is 29.2 Å². The fourth-order valence-electron chi connectivity index (χ4n) is 3.86. The van der Waals surface area contributed by atoms with Crippen molar-refractivity contribution in [2.45, 2.75) is 5.92 Å². The van der Waals surface area contributed by atoms with Gasteiger partial charge in [0.05, 0.1) is 12.7 Å². The van der Waals surface area contributed by atoms with Gasteiger partial charge in [0.2, 0.25) is 0 Å². The van der Waals surface area contributed by atoms with Crippen molar-refractivity contribution in [1.82, 2.24) is 0 Å². The monoisotopic (exact) mass is 417 g/mol. The number of hydrogen-bond donors (Lipinski definition) is 3. The van der Waals surface area contributed by atoms with E-state index in [4.69, 9.17) is 4.74 Å². The number of carbonyl (C=O) groups is 2. The molecule has 3 aromatic rings. The number of methoxy groups -OCH3 is 1. The molecule has 0 aromatic heterocycles. The lowest BCUT2D eigenvalue weighted by Gasteiger charge is -2.15. The van der Waals surface area contributed by atoms with E-state index in [2.05, 4.69) is 10.1 Å². The molecule has 1 aliphatic carbocycles. The van der Waals surface area contributed by atoms with Crippen LogP contribution in [0.5, 0.6) is 0 Å². The minimum Gasteiger partial charge on any atom is -0.465 e. The highest BCUT2D eigenvalue weighted by molar-refractivity contribution is 6.58. The van der Waals surface area contributed by atoms with Gasteiger partial charge in [-0.2, -0.15) is 0 Å². The maximum Gasteiger partial charge on any atom is 0.488 e. The summed E-state index contributed by atoms with van der Waals surface area (Å²) in [5, 5.41) is 21.4. The van der Waals surface area contributed by atoms with Crippen molar-refractivity contribution in [2.24, 2.45) is 0 Å². The number of rotatable bonds is 5. The maximum atomic E-state index is 12.5. The minimum atomic E-state index is -1.81. The Kier molecular flexibility index (Phi) is 5.75. The summed E-state index contributed by atoms with van der Waals surface area (Å²) in [6, 6.07) is 20.0. The Hall–Kier alpha value is -3.62. The average Bonchev–Trinajstić information content (AvgIpc) is 3.10. The van der Waals surface area contributed by atoms with E-state index < -0.39 is 19.2 Å². The number of anilines is 1. The van der Waals surface area contributed by atoms with Gasteiger partial charge in [0.1, 0.15) is 6.61 Å². The number of carbonyl (C=O) groups excluding carboxylic acids is 2. The van der Waals surface area contributed by atoms with Gasteiger partial charge in [0.15, 0.2) is 0 Å². The Bertz CT molecular complexity index is 1100. The highest BCUT2D eigenvalue weighted by Crippen LogP contribution is 2.44. The molecule has 0 spiro atoms. The van der Waals surface area contributed by atoms with Crippen LogP contribution >= 0.6 is 0 Å². The lowest BCUT2D eigenvalue weighted by atomic mass is 9.79. The van der Waals surface area contributed by atoms with Crippen LogP contribution < -0.4 is 10.8 Å². The molecule has 0 bridgehead atoms. The lowest BCUT2D eigenvalue weighted by Crippen LogP contribution is -2.31. The number of nitrogens with one attached hydrogen (secondary N) is 1. The second-order valence-corrected chi connectivity index (χ2v) is 7.16. The van der Waals surface area contributed by atoms with Gasteiger partial charge >= 0.3 is 19.2 Å². The second kappa shape index (κ2) is 8.63. The third kappa shape index (κ3) is 4.16. The first-order valence-corrected chi connectivity index (χ1v) is 9.69. The Balaban J connectivity index is 1.50. The second-order valence-electron chi connectivity index (χ2n) is 7.16. The van der Waals surface area contributed by atoms with Crippen molar-refractivity contribution in [3.05, 3.63) is 83.4 Å². The molecule has 7 nitrogen and oxygen atoms in total. The van der Waals surface area contributed by atoms with Crippen molar-refractivity contribution >= 4 is 30.3 Å². The summed E-state index contributed by atoms with van der Waals surface area (Å²) in [6.45, 7) is 0.131. The van der Waals surface area contributed by atoms with Gasteiger partial charge in [-0.1, -0.05) is 48.5 Å². The van der Waals surface area contributed by atoms with E-state index in [1.165, 1.54) is 25.3 Å². The predicted octanol–water partition coefficient (Wildman–Crippen LogP) is 2.51. The van der Waals surface area contributed by atoms with Gasteiger partial charge in [0, 0.05) is 11.6 Å². The van der Waals surface area contributed by atoms with Crippen LogP contribution in [0.3, 0.4) is 0 Å². The molecule has 0 unspecified atom stereocenters. The highest BCUT2D eigenvalue weighted by Gasteiger charge is 2.29. The number of esters is 1. The molecule has 1 amide bonds. The van der Waals surface area contributed by atoms with Crippen molar-refractivity contribution in [1.29, 1.82) is 0 Å². The first kappa shape index (κ1) is 20.6.